The van der Waals surface area contributed by atoms with Crippen LogP contribution in [-0.4, -0.2) is 25.2 Å². The summed E-state index contributed by atoms with van der Waals surface area (Å²) < 4.78 is 9.47. The van der Waals surface area contributed by atoms with Gasteiger partial charge in [0.2, 0.25) is 0 Å². The second-order valence-corrected chi connectivity index (χ2v) is 4.46. The van der Waals surface area contributed by atoms with Gasteiger partial charge in [-0.05, 0) is 13.8 Å². The molecular formula is C12H15Cl3O4. The van der Waals surface area contributed by atoms with Crippen molar-refractivity contribution in [1.82, 2.24) is 0 Å². The Hall–Kier alpha value is -0.970. The minimum atomic E-state index is -0.489. The second-order valence-electron chi connectivity index (χ2n) is 3.23. The molecule has 0 aliphatic heterocycles. The lowest BCUT2D eigenvalue weighted by Crippen LogP contribution is -2.14. The molecule has 0 rings (SSSR count). The van der Waals surface area contributed by atoms with E-state index in [0.29, 0.717) is 11.1 Å². The Bertz CT molecular complexity index is 343. The molecule has 0 aliphatic rings. The van der Waals surface area contributed by atoms with Crippen LogP contribution in [-0.2, 0) is 19.1 Å². The van der Waals surface area contributed by atoms with Gasteiger partial charge in [-0.2, -0.15) is 0 Å². The molecule has 7 heteroatoms. The maximum atomic E-state index is 10.8. The monoisotopic (exact) mass is 328 g/mol. The first kappa shape index (κ1) is 20.3. The summed E-state index contributed by atoms with van der Waals surface area (Å²) in [6, 6.07) is 0. The molecule has 0 radical (unpaired) electrons. The Labute approximate surface area is 127 Å². The summed E-state index contributed by atoms with van der Waals surface area (Å²) in [6.07, 6.45) is 0. The van der Waals surface area contributed by atoms with Gasteiger partial charge in [0, 0.05) is 16.7 Å². The van der Waals surface area contributed by atoms with E-state index in [-0.39, 0.29) is 17.7 Å². The van der Waals surface area contributed by atoms with E-state index in [1.165, 1.54) is 0 Å². The van der Waals surface area contributed by atoms with Crippen molar-refractivity contribution in [1.29, 1.82) is 0 Å². The lowest BCUT2D eigenvalue weighted by Gasteiger charge is -2.05. The summed E-state index contributed by atoms with van der Waals surface area (Å²) in [4.78, 5) is 21.7. The Morgan fingerprint density at radius 2 is 1.26 bits per heavy atom. The van der Waals surface area contributed by atoms with Crippen LogP contribution in [0.15, 0.2) is 34.3 Å². The van der Waals surface area contributed by atoms with Crippen LogP contribution in [0.4, 0.5) is 0 Å². The van der Waals surface area contributed by atoms with Crippen molar-refractivity contribution >= 4 is 46.7 Å². The van der Waals surface area contributed by atoms with Gasteiger partial charge >= 0.3 is 11.9 Å². The van der Waals surface area contributed by atoms with Crippen molar-refractivity contribution in [2.75, 3.05) is 13.2 Å². The van der Waals surface area contributed by atoms with Crippen LogP contribution in [0.25, 0.3) is 0 Å². The van der Waals surface area contributed by atoms with Gasteiger partial charge in [-0.1, -0.05) is 48.0 Å². The molecule has 0 amide bonds. The minimum absolute atomic E-state index is 0.0325. The molecule has 0 spiro atoms. The second kappa shape index (κ2) is 12.1. The van der Waals surface area contributed by atoms with Crippen LogP contribution in [0.5, 0.6) is 0 Å². The van der Waals surface area contributed by atoms with E-state index in [1.807, 2.05) is 0 Å². The fourth-order valence-corrected chi connectivity index (χ4v) is 0.515. The maximum Gasteiger partial charge on any atom is 0.333 e. The third kappa shape index (κ3) is 15.0. The van der Waals surface area contributed by atoms with Crippen molar-refractivity contribution in [3.63, 3.8) is 0 Å². The van der Waals surface area contributed by atoms with Gasteiger partial charge in [0.25, 0.3) is 0 Å². The van der Waals surface area contributed by atoms with Crippen molar-refractivity contribution in [3.8, 4) is 0 Å². The first-order valence-electron chi connectivity index (χ1n) is 4.99. The minimum Gasteiger partial charge on any atom is -0.459 e. The third-order valence-corrected chi connectivity index (χ3v) is 1.99. The molecule has 0 unspecified atom stereocenters. The van der Waals surface area contributed by atoms with E-state index >= 15 is 0 Å². The largest absolute Gasteiger partial charge is 0.459 e. The average molecular weight is 330 g/mol. The van der Waals surface area contributed by atoms with Crippen molar-refractivity contribution in [2.24, 2.45) is 0 Å². The SMILES string of the molecule is C=C(C)C(=O)OCCOC(=O)C(=C)C.ClC=C(Cl)Cl. The predicted octanol–water partition coefficient (Wildman–Crippen LogP) is 3.73. The molecule has 0 fully saturated rings. The number of ether oxygens (including phenoxy) is 2. The molecule has 108 valence electrons. The van der Waals surface area contributed by atoms with Crippen molar-refractivity contribution in [2.45, 2.75) is 13.8 Å². The van der Waals surface area contributed by atoms with Crippen LogP contribution in [0.1, 0.15) is 13.8 Å². The number of rotatable bonds is 5. The van der Waals surface area contributed by atoms with Gasteiger partial charge in [0.05, 0.1) is 0 Å². The first-order chi connectivity index (χ1) is 8.72. The highest BCUT2D eigenvalue weighted by molar-refractivity contribution is 6.58. The van der Waals surface area contributed by atoms with E-state index in [1.54, 1.807) is 13.8 Å². The third-order valence-electron chi connectivity index (χ3n) is 1.33. The van der Waals surface area contributed by atoms with Crippen LogP contribution in [0, 0.1) is 0 Å². The van der Waals surface area contributed by atoms with Gasteiger partial charge in [-0.15, -0.1) is 0 Å². The summed E-state index contributed by atoms with van der Waals surface area (Å²) in [7, 11) is 0. The normalized spacial score (nSPS) is 8.47. The predicted molar refractivity (Wildman–Crippen MR) is 77.2 cm³/mol. The van der Waals surface area contributed by atoms with Gasteiger partial charge in [0.15, 0.2) is 0 Å². The molecule has 0 aliphatic carbocycles. The molecule has 0 saturated heterocycles. The number of halogens is 3. The zero-order valence-corrected chi connectivity index (χ0v) is 12.9. The molecule has 0 aromatic heterocycles. The topological polar surface area (TPSA) is 52.6 Å². The highest BCUT2D eigenvalue weighted by atomic mass is 35.5. The van der Waals surface area contributed by atoms with Gasteiger partial charge in [0.1, 0.15) is 17.7 Å². The smallest absolute Gasteiger partial charge is 0.333 e. The van der Waals surface area contributed by atoms with Crippen LogP contribution < -0.4 is 0 Å². The lowest BCUT2D eigenvalue weighted by molar-refractivity contribution is -0.147. The summed E-state index contributed by atoms with van der Waals surface area (Å²) in [5.41, 5.74) is 1.72. The Kier molecular flexibility index (Phi) is 12.9. The highest BCUT2D eigenvalue weighted by Gasteiger charge is 2.05. The van der Waals surface area contributed by atoms with Crippen LogP contribution >= 0.6 is 34.8 Å². The number of carbonyl (C=O) groups is 2. The number of carbonyl (C=O) groups excluding carboxylic acids is 2. The molecule has 19 heavy (non-hydrogen) atoms. The van der Waals surface area contributed by atoms with E-state index in [9.17, 15) is 9.59 Å². The van der Waals surface area contributed by atoms with Gasteiger partial charge in [-0.3, -0.25) is 0 Å². The quantitative estimate of drug-likeness (QED) is 0.438. The molecule has 0 N–H and O–H groups in total. The standard InChI is InChI=1S/C10H14O4.C2HCl3/c1-7(2)9(11)13-5-6-14-10(12)8(3)4;3-1-2(4)5/h1,3,5-6H2,2,4H3;1H. The fourth-order valence-electron chi connectivity index (χ4n) is 0.515. The molecule has 0 saturated carbocycles. The Morgan fingerprint density at radius 3 is 1.42 bits per heavy atom. The average Bonchev–Trinajstić information content (AvgIpc) is 2.34. The van der Waals surface area contributed by atoms with Gasteiger partial charge < -0.3 is 9.47 Å². The van der Waals surface area contributed by atoms with E-state index < -0.39 is 11.9 Å². The zero-order chi connectivity index (χ0) is 15.4. The van der Waals surface area contributed by atoms with E-state index in [4.69, 9.17) is 34.8 Å². The Balaban J connectivity index is 0. The lowest BCUT2D eigenvalue weighted by atomic mass is 10.4. The highest BCUT2D eigenvalue weighted by Crippen LogP contribution is 2.05. The maximum absolute atomic E-state index is 10.8. The first-order valence-corrected chi connectivity index (χ1v) is 6.18. The molecule has 0 heterocycles. The molecule has 4 nitrogen and oxygen atoms in total. The summed E-state index contributed by atoms with van der Waals surface area (Å²) >= 11 is 14.8. The van der Waals surface area contributed by atoms with E-state index in [0.717, 1.165) is 5.54 Å². The van der Waals surface area contributed by atoms with Crippen LogP contribution in [0.3, 0.4) is 0 Å². The summed E-state index contributed by atoms with van der Waals surface area (Å²) in [5.74, 6) is -0.979. The fraction of sp³-hybridized carbons (Fsp3) is 0.333. The number of hydrogen-bond donors (Lipinski definition) is 0. The van der Waals surface area contributed by atoms with E-state index in [2.05, 4.69) is 22.6 Å². The Morgan fingerprint density at radius 1 is 1.00 bits per heavy atom. The number of esters is 2. The summed E-state index contributed by atoms with van der Waals surface area (Å²) in [5, 5.41) is 0. The summed E-state index contributed by atoms with van der Waals surface area (Å²) in [6.45, 7) is 9.95. The molecule has 0 aromatic carbocycles. The van der Waals surface area contributed by atoms with Gasteiger partial charge in [-0.25, -0.2) is 9.59 Å². The van der Waals surface area contributed by atoms with Crippen molar-refractivity contribution < 1.29 is 19.1 Å². The zero-order valence-electron chi connectivity index (χ0n) is 10.7. The van der Waals surface area contributed by atoms with Crippen molar-refractivity contribution in [3.05, 3.63) is 34.3 Å². The van der Waals surface area contributed by atoms with Crippen LogP contribution in [0.2, 0.25) is 0 Å². The number of hydrogen-bond acceptors (Lipinski definition) is 4. The molecule has 0 aromatic rings. The molecular weight excluding hydrogens is 314 g/mol. The molecule has 0 bridgehead atoms. The molecule has 0 atom stereocenters.